The van der Waals surface area contributed by atoms with E-state index in [1.54, 1.807) is 6.07 Å². The number of amides is 3. The van der Waals surface area contributed by atoms with Gasteiger partial charge in [-0.15, -0.1) is 0 Å². The van der Waals surface area contributed by atoms with Crippen LogP contribution in [0.5, 0.6) is 0 Å². The molecule has 180 valence electrons. The molecule has 34 heavy (non-hydrogen) atoms. The average molecular weight is 476 g/mol. The van der Waals surface area contributed by atoms with Crippen molar-refractivity contribution in [1.29, 1.82) is 5.26 Å². The smallest absolute Gasteiger partial charge is 0.406 e. The van der Waals surface area contributed by atoms with E-state index >= 15 is 8.78 Å². The van der Waals surface area contributed by atoms with Crippen LogP contribution in [-0.4, -0.2) is 47.0 Å². The van der Waals surface area contributed by atoms with Crippen molar-refractivity contribution in [2.24, 2.45) is 5.92 Å². The second-order valence-corrected chi connectivity index (χ2v) is 8.35. The van der Waals surface area contributed by atoms with E-state index in [0.717, 1.165) is 6.07 Å². The third-order valence-electron chi connectivity index (χ3n) is 6.09. The molecule has 2 N–H and O–H groups in total. The number of hydrogen-bond acceptors (Lipinski definition) is 5. The molecule has 0 spiro atoms. The first-order valence-corrected chi connectivity index (χ1v) is 10.8. The lowest BCUT2D eigenvalue weighted by Crippen LogP contribution is -2.39. The predicted molar refractivity (Wildman–Crippen MR) is 114 cm³/mol. The number of benzene rings is 1. The minimum absolute atomic E-state index is 0.0521. The summed E-state index contributed by atoms with van der Waals surface area (Å²) in [6.07, 6.45) is -0.542. The Hall–Kier alpha value is -3.75. The van der Waals surface area contributed by atoms with Crippen LogP contribution < -0.4 is 10.6 Å². The second-order valence-electron chi connectivity index (χ2n) is 8.35. The Bertz CT molecular complexity index is 1160. The number of alkyl halides is 2. The highest BCUT2D eigenvalue weighted by Gasteiger charge is 2.43. The molecule has 2 aliphatic rings. The fraction of sp³-hybridized carbons (Fsp3) is 0.455. The maximum absolute atomic E-state index is 15.2. The fourth-order valence-electron chi connectivity index (χ4n) is 4.34. The Balaban J connectivity index is 1.52. The summed E-state index contributed by atoms with van der Waals surface area (Å²) >= 11 is 0. The fourth-order valence-corrected chi connectivity index (χ4v) is 4.34. The molecule has 4 rings (SSSR count). The zero-order chi connectivity index (χ0) is 24.5. The van der Waals surface area contributed by atoms with E-state index in [1.807, 2.05) is 0 Å². The number of fused-ring (bicyclic) bond motifs is 3. The summed E-state index contributed by atoms with van der Waals surface area (Å²) in [5.41, 5.74) is 0.665. The number of nitrogens with one attached hydrogen (secondary N) is 2. The SMILES string of the molecule is COC(=O)NCC1CCC(F)(F)c2c3c(nn2C1)CCN(C(=O)Nc1ccc(F)c(C#N)c1)C3. The first kappa shape index (κ1) is 23.4. The number of urea groups is 1. The van der Waals surface area contributed by atoms with Gasteiger partial charge in [0.25, 0.3) is 5.92 Å². The lowest BCUT2D eigenvalue weighted by Gasteiger charge is -2.28. The Morgan fingerprint density at radius 1 is 1.38 bits per heavy atom. The van der Waals surface area contributed by atoms with Gasteiger partial charge in [-0.1, -0.05) is 0 Å². The van der Waals surface area contributed by atoms with Crippen LogP contribution in [0.3, 0.4) is 0 Å². The minimum Gasteiger partial charge on any atom is -0.453 e. The van der Waals surface area contributed by atoms with Crippen molar-refractivity contribution in [2.75, 3.05) is 25.5 Å². The number of anilines is 1. The Kier molecular flexibility index (Phi) is 6.37. The predicted octanol–water partition coefficient (Wildman–Crippen LogP) is 3.34. The molecule has 3 heterocycles. The van der Waals surface area contributed by atoms with Crippen LogP contribution >= 0.6 is 0 Å². The average Bonchev–Trinajstić information content (AvgIpc) is 3.13. The monoisotopic (exact) mass is 476 g/mol. The Labute approximate surface area is 193 Å². The summed E-state index contributed by atoms with van der Waals surface area (Å²) in [6.45, 7) is 0.605. The number of nitrogens with zero attached hydrogens (tertiary/aromatic N) is 4. The normalized spacial score (nSPS) is 18.7. The van der Waals surface area contributed by atoms with Gasteiger partial charge in [-0.25, -0.2) is 14.0 Å². The summed E-state index contributed by atoms with van der Waals surface area (Å²) in [5, 5.41) is 18.5. The van der Waals surface area contributed by atoms with Crippen molar-refractivity contribution in [1.82, 2.24) is 20.0 Å². The van der Waals surface area contributed by atoms with Gasteiger partial charge in [0.05, 0.1) is 24.9 Å². The number of halogens is 3. The standard InChI is InChI=1S/C22H23F3N6O3/c1-34-21(33)27-10-13-4-6-22(24,25)19-16-12-30(7-5-18(16)29-31(19)11-13)20(32)28-15-2-3-17(23)14(8-15)9-26/h2-3,8,13H,4-7,10-12H2,1H3,(H,27,33)(H,28,32). The van der Waals surface area contributed by atoms with Gasteiger partial charge in [0.1, 0.15) is 17.6 Å². The molecule has 0 aliphatic carbocycles. The maximum Gasteiger partial charge on any atom is 0.406 e. The quantitative estimate of drug-likeness (QED) is 0.706. The highest BCUT2D eigenvalue weighted by atomic mass is 19.3. The number of nitriles is 1. The van der Waals surface area contributed by atoms with Gasteiger partial charge in [0, 0.05) is 43.7 Å². The van der Waals surface area contributed by atoms with Crippen LogP contribution in [0, 0.1) is 23.1 Å². The van der Waals surface area contributed by atoms with E-state index < -0.39 is 30.3 Å². The van der Waals surface area contributed by atoms with Gasteiger partial charge in [-0.3, -0.25) is 4.68 Å². The number of aromatic nitrogens is 2. The van der Waals surface area contributed by atoms with E-state index in [2.05, 4.69) is 20.5 Å². The molecule has 0 fully saturated rings. The molecule has 0 bridgehead atoms. The van der Waals surface area contributed by atoms with Crippen molar-refractivity contribution >= 4 is 17.8 Å². The highest BCUT2D eigenvalue weighted by Crippen LogP contribution is 2.41. The molecule has 1 aromatic heterocycles. The summed E-state index contributed by atoms with van der Waals surface area (Å²) in [5.74, 6) is -4.09. The molecule has 12 heteroatoms. The second kappa shape index (κ2) is 9.24. The first-order valence-electron chi connectivity index (χ1n) is 10.8. The zero-order valence-electron chi connectivity index (χ0n) is 18.4. The Morgan fingerprint density at radius 3 is 2.91 bits per heavy atom. The summed E-state index contributed by atoms with van der Waals surface area (Å²) in [6, 6.07) is 4.78. The van der Waals surface area contributed by atoms with Crippen LogP contribution in [0.4, 0.5) is 28.4 Å². The number of ether oxygens (including phenoxy) is 1. The lowest BCUT2D eigenvalue weighted by atomic mass is 9.98. The molecule has 2 aliphatic heterocycles. The largest absolute Gasteiger partial charge is 0.453 e. The molecule has 0 saturated heterocycles. The molecular weight excluding hydrogens is 453 g/mol. The molecule has 0 radical (unpaired) electrons. The minimum atomic E-state index is -3.14. The van der Waals surface area contributed by atoms with Crippen molar-refractivity contribution in [3.8, 4) is 6.07 Å². The van der Waals surface area contributed by atoms with Crippen LogP contribution in [0.15, 0.2) is 18.2 Å². The molecular formula is C22H23F3N6O3. The highest BCUT2D eigenvalue weighted by molar-refractivity contribution is 5.89. The van der Waals surface area contributed by atoms with Crippen LogP contribution in [-0.2, 0) is 30.2 Å². The summed E-state index contributed by atoms with van der Waals surface area (Å²) < 4.78 is 49.7. The van der Waals surface area contributed by atoms with E-state index in [4.69, 9.17) is 5.26 Å². The third-order valence-corrected chi connectivity index (χ3v) is 6.09. The first-order chi connectivity index (χ1) is 16.2. The zero-order valence-corrected chi connectivity index (χ0v) is 18.4. The van der Waals surface area contributed by atoms with E-state index in [9.17, 15) is 14.0 Å². The topological polar surface area (TPSA) is 112 Å². The van der Waals surface area contributed by atoms with Crippen molar-refractivity contribution < 1.29 is 27.5 Å². The number of rotatable bonds is 3. The van der Waals surface area contributed by atoms with Crippen molar-refractivity contribution in [2.45, 2.75) is 38.3 Å². The van der Waals surface area contributed by atoms with Gasteiger partial charge < -0.3 is 20.3 Å². The molecule has 3 amide bonds. The number of carbonyl (C=O) groups is 2. The van der Waals surface area contributed by atoms with Crippen LogP contribution in [0.25, 0.3) is 0 Å². The molecule has 1 atom stereocenters. The van der Waals surface area contributed by atoms with Gasteiger partial charge >= 0.3 is 12.1 Å². The van der Waals surface area contributed by atoms with E-state index in [1.165, 1.54) is 28.8 Å². The van der Waals surface area contributed by atoms with Crippen molar-refractivity contribution in [3.63, 3.8) is 0 Å². The molecule has 0 saturated carbocycles. The summed E-state index contributed by atoms with van der Waals surface area (Å²) in [7, 11) is 1.23. The van der Waals surface area contributed by atoms with Crippen molar-refractivity contribution in [3.05, 3.63) is 46.5 Å². The molecule has 1 unspecified atom stereocenters. The Morgan fingerprint density at radius 2 is 2.18 bits per heavy atom. The summed E-state index contributed by atoms with van der Waals surface area (Å²) in [4.78, 5) is 25.5. The van der Waals surface area contributed by atoms with E-state index in [0.29, 0.717) is 17.7 Å². The lowest BCUT2D eigenvalue weighted by molar-refractivity contribution is -0.0217. The van der Waals surface area contributed by atoms with Gasteiger partial charge in [0.2, 0.25) is 0 Å². The van der Waals surface area contributed by atoms with Gasteiger partial charge in [-0.2, -0.15) is 19.1 Å². The molecule has 2 aromatic rings. The number of methoxy groups -OCH3 is 1. The van der Waals surface area contributed by atoms with Gasteiger partial charge in [0.15, 0.2) is 0 Å². The van der Waals surface area contributed by atoms with Crippen LogP contribution in [0.2, 0.25) is 0 Å². The molecule has 9 nitrogen and oxygen atoms in total. The van der Waals surface area contributed by atoms with Gasteiger partial charge in [-0.05, 0) is 30.5 Å². The maximum atomic E-state index is 15.2. The third kappa shape index (κ3) is 4.64. The molecule has 1 aromatic carbocycles. The van der Waals surface area contributed by atoms with Crippen LogP contribution in [0.1, 0.15) is 35.4 Å². The van der Waals surface area contributed by atoms with E-state index in [-0.39, 0.29) is 55.5 Å². The number of carbonyl (C=O) groups excluding carboxylic acids is 2. The number of hydrogen-bond donors (Lipinski definition) is 2. The number of alkyl carbamates (subject to hydrolysis) is 1.